The van der Waals surface area contributed by atoms with Gasteiger partial charge in [0.2, 0.25) is 17.7 Å². The summed E-state index contributed by atoms with van der Waals surface area (Å²) in [4.78, 5) is 34.9. The largest absolute Gasteiger partial charge is 0.370 e. The maximum atomic E-state index is 11.8. The van der Waals surface area contributed by atoms with Crippen molar-refractivity contribution >= 4 is 17.7 Å². The van der Waals surface area contributed by atoms with Gasteiger partial charge in [-0.15, -0.1) is 0 Å². The van der Waals surface area contributed by atoms with Crippen molar-refractivity contribution in [2.24, 2.45) is 5.73 Å². The van der Waals surface area contributed by atoms with Crippen molar-refractivity contribution in [3.63, 3.8) is 0 Å². The van der Waals surface area contributed by atoms with Gasteiger partial charge in [0.15, 0.2) is 0 Å². The monoisotopic (exact) mass is 339 g/mol. The van der Waals surface area contributed by atoms with Crippen LogP contribution >= 0.6 is 0 Å². The molecule has 6 nitrogen and oxygen atoms in total. The highest BCUT2D eigenvalue weighted by Gasteiger charge is 2.14. The standard InChI is InChI=1S/C12H22N2O2.C6H11NO/c13-11(15)7-3-4-8-12(16)14-9-5-1-2-6-10-14;8-6-4-2-1-3-5-7-6/h1-10H2,(H2,13,15);1-5H2,(H,7,8). The summed E-state index contributed by atoms with van der Waals surface area (Å²) in [6, 6.07) is 0. The third-order valence-electron chi connectivity index (χ3n) is 4.43. The third kappa shape index (κ3) is 10.2. The van der Waals surface area contributed by atoms with E-state index in [-0.39, 0.29) is 17.7 Å². The molecule has 0 saturated carbocycles. The molecule has 2 fully saturated rings. The predicted octanol–water partition coefficient (Wildman–Crippen LogP) is 2.11. The van der Waals surface area contributed by atoms with Gasteiger partial charge in [0, 0.05) is 38.9 Å². The lowest BCUT2D eigenvalue weighted by Crippen LogP contribution is -2.31. The molecule has 3 amide bonds. The quantitative estimate of drug-likeness (QED) is 0.751. The molecule has 138 valence electrons. The Balaban J connectivity index is 0.000000300. The van der Waals surface area contributed by atoms with Crippen molar-refractivity contribution in [1.29, 1.82) is 0 Å². The fourth-order valence-corrected chi connectivity index (χ4v) is 2.96. The van der Waals surface area contributed by atoms with E-state index in [2.05, 4.69) is 5.32 Å². The van der Waals surface area contributed by atoms with Crippen LogP contribution < -0.4 is 11.1 Å². The van der Waals surface area contributed by atoms with E-state index < -0.39 is 0 Å². The number of likely N-dealkylation sites (tertiary alicyclic amines) is 1. The van der Waals surface area contributed by atoms with Crippen LogP contribution in [0.2, 0.25) is 0 Å². The first-order valence-corrected chi connectivity index (χ1v) is 9.42. The average Bonchev–Trinajstić information content (AvgIpc) is 2.96. The first-order valence-electron chi connectivity index (χ1n) is 9.42. The highest BCUT2D eigenvalue weighted by Crippen LogP contribution is 2.12. The lowest BCUT2D eigenvalue weighted by atomic mass is 10.1. The zero-order chi connectivity index (χ0) is 17.6. The van der Waals surface area contributed by atoms with Gasteiger partial charge in [-0.25, -0.2) is 0 Å². The minimum atomic E-state index is -0.276. The van der Waals surface area contributed by atoms with Crippen LogP contribution in [0, 0.1) is 0 Å². The Bertz CT molecular complexity index is 381. The highest BCUT2D eigenvalue weighted by molar-refractivity contribution is 5.76. The molecule has 0 unspecified atom stereocenters. The van der Waals surface area contributed by atoms with Crippen LogP contribution in [0.4, 0.5) is 0 Å². The number of nitrogens with one attached hydrogen (secondary N) is 1. The maximum Gasteiger partial charge on any atom is 0.222 e. The predicted molar refractivity (Wildman–Crippen MR) is 94.2 cm³/mol. The highest BCUT2D eigenvalue weighted by atomic mass is 16.2. The number of carbonyl (C=O) groups is 3. The molecule has 0 aromatic rings. The SMILES string of the molecule is NC(=O)CCCCC(=O)N1CCCCCC1.O=C1CCCCCN1. The van der Waals surface area contributed by atoms with Gasteiger partial charge in [-0.2, -0.15) is 0 Å². The molecule has 2 aliphatic heterocycles. The van der Waals surface area contributed by atoms with E-state index in [9.17, 15) is 14.4 Å². The van der Waals surface area contributed by atoms with Gasteiger partial charge in [0.05, 0.1) is 0 Å². The lowest BCUT2D eigenvalue weighted by molar-refractivity contribution is -0.131. The normalized spacial score (nSPS) is 18.5. The Kier molecular flexibility index (Phi) is 10.9. The van der Waals surface area contributed by atoms with Crippen LogP contribution in [0.15, 0.2) is 0 Å². The molecule has 0 spiro atoms. The number of nitrogens with zero attached hydrogens (tertiary/aromatic N) is 1. The van der Waals surface area contributed by atoms with Gasteiger partial charge in [-0.05, 0) is 38.5 Å². The van der Waals surface area contributed by atoms with Gasteiger partial charge >= 0.3 is 0 Å². The zero-order valence-electron chi connectivity index (χ0n) is 14.9. The van der Waals surface area contributed by atoms with Gasteiger partial charge in [-0.1, -0.05) is 19.3 Å². The summed E-state index contributed by atoms with van der Waals surface area (Å²) in [6.07, 6.45) is 11.4. The molecular formula is C18H33N3O3. The number of primary amides is 1. The number of rotatable bonds is 5. The number of amides is 3. The molecule has 0 radical (unpaired) electrons. The molecule has 3 N–H and O–H groups in total. The van der Waals surface area contributed by atoms with Crippen LogP contribution in [0.25, 0.3) is 0 Å². The van der Waals surface area contributed by atoms with E-state index in [0.717, 1.165) is 64.6 Å². The Hall–Kier alpha value is -1.59. The van der Waals surface area contributed by atoms with Crippen LogP contribution in [0.5, 0.6) is 0 Å². The molecule has 0 aliphatic carbocycles. The fourth-order valence-electron chi connectivity index (χ4n) is 2.96. The Morgan fingerprint density at radius 2 is 1.54 bits per heavy atom. The van der Waals surface area contributed by atoms with E-state index in [4.69, 9.17) is 5.73 Å². The Morgan fingerprint density at radius 3 is 2.21 bits per heavy atom. The number of hydrogen-bond acceptors (Lipinski definition) is 3. The number of hydrogen-bond donors (Lipinski definition) is 2. The molecule has 2 saturated heterocycles. The van der Waals surface area contributed by atoms with Crippen molar-refractivity contribution < 1.29 is 14.4 Å². The topological polar surface area (TPSA) is 92.5 Å². The maximum absolute atomic E-state index is 11.8. The molecule has 0 aromatic carbocycles. The second-order valence-corrected chi connectivity index (χ2v) is 6.63. The van der Waals surface area contributed by atoms with Crippen molar-refractivity contribution in [1.82, 2.24) is 10.2 Å². The first kappa shape index (κ1) is 20.5. The van der Waals surface area contributed by atoms with Crippen molar-refractivity contribution in [3.8, 4) is 0 Å². The molecule has 6 heteroatoms. The van der Waals surface area contributed by atoms with Crippen LogP contribution in [0.1, 0.15) is 77.0 Å². The van der Waals surface area contributed by atoms with E-state index in [1.807, 2.05) is 4.90 Å². The molecule has 0 atom stereocenters. The Labute approximate surface area is 145 Å². The van der Waals surface area contributed by atoms with E-state index in [0.29, 0.717) is 12.8 Å². The zero-order valence-corrected chi connectivity index (χ0v) is 14.9. The number of nitrogens with two attached hydrogens (primary N) is 1. The second kappa shape index (κ2) is 12.8. The molecule has 2 aliphatic rings. The number of unbranched alkanes of at least 4 members (excludes halogenated alkanes) is 1. The van der Waals surface area contributed by atoms with Gasteiger partial charge < -0.3 is 16.0 Å². The van der Waals surface area contributed by atoms with E-state index in [1.165, 1.54) is 19.3 Å². The molecule has 2 heterocycles. The molecule has 0 bridgehead atoms. The summed E-state index contributed by atoms with van der Waals surface area (Å²) in [5.74, 6) is 0.191. The fraction of sp³-hybridized carbons (Fsp3) is 0.833. The summed E-state index contributed by atoms with van der Waals surface area (Å²) in [7, 11) is 0. The average molecular weight is 339 g/mol. The summed E-state index contributed by atoms with van der Waals surface area (Å²) < 4.78 is 0. The number of carbonyl (C=O) groups excluding carboxylic acids is 3. The summed E-state index contributed by atoms with van der Waals surface area (Å²) in [5.41, 5.74) is 5.04. The van der Waals surface area contributed by atoms with Crippen molar-refractivity contribution in [2.75, 3.05) is 19.6 Å². The minimum Gasteiger partial charge on any atom is -0.370 e. The second-order valence-electron chi connectivity index (χ2n) is 6.63. The van der Waals surface area contributed by atoms with Crippen LogP contribution in [-0.4, -0.2) is 42.3 Å². The van der Waals surface area contributed by atoms with Gasteiger partial charge in [-0.3, -0.25) is 14.4 Å². The molecule has 24 heavy (non-hydrogen) atoms. The molecule has 0 aromatic heterocycles. The Morgan fingerprint density at radius 1 is 0.917 bits per heavy atom. The van der Waals surface area contributed by atoms with Gasteiger partial charge in [0.25, 0.3) is 0 Å². The molecular weight excluding hydrogens is 306 g/mol. The van der Waals surface area contributed by atoms with E-state index >= 15 is 0 Å². The first-order chi connectivity index (χ1) is 11.6. The molecule has 2 rings (SSSR count). The smallest absolute Gasteiger partial charge is 0.222 e. The van der Waals surface area contributed by atoms with Crippen molar-refractivity contribution in [3.05, 3.63) is 0 Å². The minimum absolute atomic E-state index is 0.225. The third-order valence-corrected chi connectivity index (χ3v) is 4.43. The van der Waals surface area contributed by atoms with Crippen LogP contribution in [0.3, 0.4) is 0 Å². The summed E-state index contributed by atoms with van der Waals surface area (Å²) in [5, 5.41) is 2.81. The van der Waals surface area contributed by atoms with Gasteiger partial charge in [0.1, 0.15) is 0 Å². The van der Waals surface area contributed by atoms with E-state index in [1.54, 1.807) is 0 Å². The summed E-state index contributed by atoms with van der Waals surface area (Å²) >= 11 is 0. The van der Waals surface area contributed by atoms with Crippen molar-refractivity contribution in [2.45, 2.75) is 77.0 Å². The lowest BCUT2D eigenvalue weighted by Gasteiger charge is -2.20. The van der Waals surface area contributed by atoms with Crippen LogP contribution in [-0.2, 0) is 14.4 Å². The summed E-state index contributed by atoms with van der Waals surface area (Å²) in [6.45, 7) is 2.71.